The molecule has 0 aliphatic rings. The van der Waals surface area contributed by atoms with E-state index in [-0.39, 0.29) is 22.9 Å². The number of nitrogens with zero attached hydrogens (tertiary/aromatic N) is 2. The molecule has 1 heterocycles. The van der Waals surface area contributed by atoms with Gasteiger partial charge in [-0.05, 0) is 12.1 Å². The fourth-order valence-electron chi connectivity index (χ4n) is 1.41. The highest BCUT2D eigenvalue weighted by molar-refractivity contribution is 8.01. The molecule has 0 amide bonds. The molecule has 0 aliphatic carbocycles. The van der Waals surface area contributed by atoms with Crippen LogP contribution < -0.4 is 0 Å². The summed E-state index contributed by atoms with van der Waals surface area (Å²) in [6.07, 6.45) is -3.45. The lowest BCUT2D eigenvalue weighted by Gasteiger charge is -2.11. The third-order valence-electron chi connectivity index (χ3n) is 2.12. The predicted molar refractivity (Wildman–Crippen MR) is 68.3 cm³/mol. The van der Waals surface area contributed by atoms with Crippen molar-refractivity contribution in [2.24, 2.45) is 0 Å². The molecule has 0 spiro atoms. The Morgan fingerprint density at radius 1 is 1.16 bits per heavy atom. The van der Waals surface area contributed by atoms with Crippen LogP contribution in [0.5, 0.6) is 0 Å². The molecule has 0 saturated carbocycles. The van der Waals surface area contributed by atoms with Crippen molar-refractivity contribution in [2.45, 2.75) is 10.1 Å². The summed E-state index contributed by atoms with van der Waals surface area (Å²) >= 11 is 16.2. The summed E-state index contributed by atoms with van der Waals surface area (Å²) in [5, 5.41) is 3.31. The van der Waals surface area contributed by atoms with Crippen molar-refractivity contribution in [1.82, 2.24) is 9.19 Å². The molecular weight excluding hydrogens is 351 g/mol. The van der Waals surface area contributed by atoms with Crippen LogP contribution in [0.4, 0.5) is 17.6 Å². The van der Waals surface area contributed by atoms with E-state index >= 15 is 0 Å². The Bertz CT molecular complexity index is 620. The summed E-state index contributed by atoms with van der Waals surface area (Å²) in [5.41, 5.74) is -0.819. The monoisotopic (exact) mass is 352 g/mol. The largest absolute Gasteiger partial charge is 0.417 e. The van der Waals surface area contributed by atoms with E-state index in [1.54, 1.807) is 0 Å². The first-order valence-corrected chi connectivity index (χ1v) is 6.49. The molecule has 2 rings (SSSR count). The molecule has 10 heteroatoms. The van der Waals surface area contributed by atoms with Crippen LogP contribution in [0.2, 0.25) is 5.02 Å². The topological polar surface area (TPSA) is 17.8 Å². The summed E-state index contributed by atoms with van der Waals surface area (Å²) in [6, 6.07) is 1.85. The zero-order chi connectivity index (χ0) is 14.4. The van der Waals surface area contributed by atoms with Gasteiger partial charge in [-0.3, -0.25) is 0 Å². The molecule has 2 nitrogen and oxygen atoms in total. The summed E-state index contributed by atoms with van der Waals surface area (Å²) < 4.78 is 49.3. The van der Waals surface area contributed by atoms with Gasteiger partial charge in [-0.1, -0.05) is 34.8 Å². The van der Waals surface area contributed by atoms with E-state index in [4.69, 9.17) is 34.8 Å². The minimum absolute atomic E-state index is 0.141. The SMILES string of the molecule is FC(Cl)(Cl)Sn1ncc2cc(C(F)(F)F)c(Cl)cc21. The Hall–Kier alpha value is -0.370. The zero-order valence-electron chi connectivity index (χ0n) is 8.68. The van der Waals surface area contributed by atoms with Crippen molar-refractivity contribution in [3.63, 3.8) is 0 Å². The van der Waals surface area contributed by atoms with Gasteiger partial charge < -0.3 is 0 Å². The fourth-order valence-corrected chi connectivity index (χ4v) is 2.62. The minimum Gasteiger partial charge on any atom is -0.201 e. The molecule has 19 heavy (non-hydrogen) atoms. The predicted octanol–water partition coefficient (Wildman–Crippen LogP) is 5.26. The van der Waals surface area contributed by atoms with Gasteiger partial charge in [-0.25, -0.2) is 4.09 Å². The Morgan fingerprint density at radius 2 is 1.79 bits per heavy atom. The lowest BCUT2D eigenvalue weighted by Crippen LogP contribution is -2.06. The Labute approximate surface area is 123 Å². The Morgan fingerprint density at radius 3 is 2.32 bits per heavy atom. The number of fused-ring (bicyclic) bond motifs is 1. The molecule has 0 N–H and O–H groups in total. The molecule has 0 fully saturated rings. The van der Waals surface area contributed by atoms with Crippen molar-refractivity contribution in [2.75, 3.05) is 0 Å². The molecule has 0 bridgehead atoms. The molecular formula is C9H3Cl3F4N2S. The van der Waals surface area contributed by atoms with E-state index in [0.29, 0.717) is 0 Å². The molecule has 0 atom stereocenters. The van der Waals surface area contributed by atoms with Crippen LogP contribution in [0.15, 0.2) is 18.3 Å². The summed E-state index contributed by atoms with van der Waals surface area (Å²) in [5.74, 6) is 0. The van der Waals surface area contributed by atoms with Crippen LogP contribution in [0, 0.1) is 0 Å². The van der Waals surface area contributed by atoms with Gasteiger partial charge in [0.1, 0.15) is 0 Å². The maximum atomic E-state index is 13.1. The Kier molecular flexibility index (Phi) is 3.85. The minimum atomic E-state index is -4.58. The normalized spacial score (nSPS) is 13.2. The summed E-state index contributed by atoms with van der Waals surface area (Å²) in [6.45, 7) is 0. The van der Waals surface area contributed by atoms with Gasteiger partial charge in [0.25, 0.3) is 0 Å². The van der Waals surface area contributed by atoms with E-state index < -0.39 is 20.7 Å². The lowest BCUT2D eigenvalue weighted by molar-refractivity contribution is -0.137. The number of rotatable bonds is 2. The third-order valence-corrected chi connectivity index (χ3v) is 3.52. The second-order valence-corrected chi connectivity index (χ2v) is 6.62. The summed E-state index contributed by atoms with van der Waals surface area (Å²) in [4.78, 5) is 0. The van der Waals surface area contributed by atoms with E-state index in [1.807, 2.05) is 0 Å². The molecule has 1 aromatic carbocycles. The maximum Gasteiger partial charge on any atom is 0.417 e. The van der Waals surface area contributed by atoms with E-state index in [9.17, 15) is 17.6 Å². The highest BCUT2D eigenvalue weighted by Crippen LogP contribution is 2.41. The van der Waals surface area contributed by atoms with E-state index in [1.165, 1.54) is 0 Å². The molecule has 0 radical (unpaired) electrons. The van der Waals surface area contributed by atoms with Crippen molar-refractivity contribution in [1.29, 1.82) is 0 Å². The first kappa shape index (κ1) is 15.0. The first-order valence-electron chi connectivity index (χ1n) is 4.58. The highest BCUT2D eigenvalue weighted by Gasteiger charge is 2.34. The van der Waals surface area contributed by atoms with Gasteiger partial charge in [0.15, 0.2) is 0 Å². The lowest BCUT2D eigenvalue weighted by atomic mass is 10.1. The van der Waals surface area contributed by atoms with Gasteiger partial charge in [-0.2, -0.15) is 22.7 Å². The van der Waals surface area contributed by atoms with Gasteiger partial charge >= 0.3 is 10.1 Å². The second kappa shape index (κ2) is 4.87. The zero-order valence-corrected chi connectivity index (χ0v) is 11.8. The quantitative estimate of drug-likeness (QED) is 0.541. The number of benzene rings is 1. The average molecular weight is 354 g/mol. The molecule has 0 unspecified atom stereocenters. The van der Waals surface area contributed by atoms with Crippen LogP contribution in [0.3, 0.4) is 0 Å². The van der Waals surface area contributed by atoms with Crippen molar-refractivity contribution >= 4 is 57.7 Å². The van der Waals surface area contributed by atoms with Gasteiger partial charge in [0.05, 0.1) is 34.2 Å². The second-order valence-electron chi connectivity index (χ2n) is 3.44. The average Bonchev–Trinajstić information content (AvgIpc) is 2.56. The molecule has 1 aromatic heterocycles. The fraction of sp³-hybridized carbons (Fsp3) is 0.222. The van der Waals surface area contributed by atoms with E-state index in [0.717, 1.165) is 22.4 Å². The molecule has 0 saturated heterocycles. The number of hydrogen-bond donors (Lipinski definition) is 0. The molecule has 0 aliphatic heterocycles. The van der Waals surface area contributed by atoms with Gasteiger partial charge in [-0.15, -0.1) is 0 Å². The van der Waals surface area contributed by atoms with Crippen LogP contribution in [0.25, 0.3) is 10.9 Å². The van der Waals surface area contributed by atoms with Gasteiger partial charge in [0, 0.05) is 5.39 Å². The van der Waals surface area contributed by atoms with Crippen molar-refractivity contribution in [3.05, 3.63) is 28.9 Å². The van der Waals surface area contributed by atoms with Crippen molar-refractivity contribution < 1.29 is 17.6 Å². The van der Waals surface area contributed by atoms with Crippen LogP contribution >= 0.6 is 46.8 Å². The number of hydrogen-bond acceptors (Lipinski definition) is 2. The number of alkyl halides is 6. The van der Waals surface area contributed by atoms with Crippen LogP contribution in [-0.4, -0.2) is 13.1 Å². The highest BCUT2D eigenvalue weighted by atomic mass is 35.5. The van der Waals surface area contributed by atoms with E-state index in [2.05, 4.69) is 5.10 Å². The molecule has 104 valence electrons. The third kappa shape index (κ3) is 3.39. The van der Waals surface area contributed by atoms with Crippen LogP contribution in [0.1, 0.15) is 5.56 Å². The van der Waals surface area contributed by atoms with Crippen molar-refractivity contribution in [3.8, 4) is 0 Å². The maximum absolute atomic E-state index is 13.1. The number of aromatic nitrogens is 2. The molecule has 2 aromatic rings. The van der Waals surface area contributed by atoms with Crippen LogP contribution in [-0.2, 0) is 6.18 Å². The standard InChI is InChI=1S/C9H3Cl3F4N2S/c10-6-2-7-4(1-5(6)8(13,14)15)3-17-18(7)19-9(11,12)16/h1-3H. The Balaban J connectivity index is 2.55. The van der Waals surface area contributed by atoms with Gasteiger partial charge in [0.2, 0.25) is 0 Å². The first-order chi connectivity index (χ1) is 8.58. The smallest absolute Gasteiger partial charge is 0.201 e. The number of halogens is 7. The summed E-state index contributed by atoms with van der Waals surface area (Å²) in [7, 11) is 0.